The molecular formula is C29H41ClO4. The first-order valence-corrected chi connectivity index (χ1v) is 13.6. The number of Topliss-reactive ketones (excluding diaryl/α,β-unsaturated/α-hetero) is 1. The maximum Gasteiger partial charge on any atom is 0.333 e. The number of ketones is 1. The average Bonchev–Trinajstić information content (AvgIpc) is 2.75. The Morgan fingerprint density at radius 3 is 1.44 bits per heavy atom. The van der Waals surface area contributed by atoms with Crippen LogP contribution in [-0.4, -0.2) is 22.6 Å². The van der Waals surface area contributed by atoms with Crippen molar-refractivity contribution in [2.24, 2.45) is 47.3 Å². The lowest BCUT2D eigenvalue weighted by molar-refractivity contribution is -0.199. The zero-order chi connectivity index (χ0) is 24.8. The molecule has 8 saturated carbocycles. The van der Waals surface area contributed by atoms with E-state index in [0.717, 1.165) is 23.7 Å². The molecule has 8 aliphatic rings. The van der Waals surface area contributed by atoms with E-state index in [1.165, 1.54) is 64.2 Å². The van der Waals surface area contributed by atoms with Gasteiger partial charge in [-0.3, -0.25) is 9.59 Å². The number of ether oxygens (including phenoxy) is 1. The van der Waals surface area contributed by atoms with E-state index in [1.807, 2.05) is 0 Å². The Bertz CT molecular complexity index is 801. The van der Waals surface area contributed by atoms with E-state index >= 15 is 0 Å². The van der Waals surface area contributed by atoms with E-state index in [1.54, 1.807) is 13.8 Å². The fourth-order valence-corrected chi connectivity index (χ4v) is 8.22. The van der Waals surface area contributed by atoms with Crippen LogP contribution in [0.1, 0.15) is 85.0 Å². The van der Waals surface area contributed by atoms with Crippen molar-refractivity contribution >= 4 is 28.6 Å². The van der Waals surface area contributed by atoms with Gasteiger partial charge in [-0.05, 0) is 132 Å². The first-order valence-electron chi connectivity index (χ1n) is 13.2. The Labute approximate surface area is 209 Å². The van der Waals surface area contributed by atoms with Gasteiger partial charge in [0.25, 0.3) is 0 Å². The van der Waals surface area contributed by atoms with Crippen LogP contribution in [0, 0.1) is 47.3 Å². The van der Waals surface area contributed by atoms with Gasteiger partial charge in [0.15, 0.2) is 0 Å². The van der Waals surface area contributed by atoms with Gasteiger partial charge < -0.3 is 4.74 Å². The number of hydrogen-bond donors (Lipinski definition) is 0. The highest BCUT2D eigenvalue weighted by molar-refractivity contribution is 6.67. The van der Waals surface area contributed by atoms with Crippen LogP contribution in [0.25, 0.3) is 0 Å². The van der Waals surface area contributed by atoms with E-state index in [-0.39, 0.29) is 11.6 Å². The predicted molar refractivity (Wildman–Crippen MR) is 134 cm³/mol. The van der Waals surface area contributed by atoms with Crippen molar-refractivity contribution in [2.45, 2.75) is 90.6 Å². The summed E-state index contributed by atoms with van der Waals surface area (Å²) in [5, 5.41) is -0.463. The average molecular weight is 489 g/mol. The van der Waals surface area contributed by atoms with Crippen molar-refractivity contribution in [2.75, 3.05) is 0 Å². The molecule has 0 amide bonds. The molecule has 0 aromatic carbocycles. The highest BCUT2D eigenvalue weighted by atomic mass is 35.5. The van der Waals surface area contributed by atoms with E-state index in [2.05, 4.69) is 20.1 Å². The first kappa shape index (κ1) is 25.7. The number of carbonyl (C=O) groups is 3. The Balaban J connectivity index is 0.000000138. The molecule has 0 spiro atoms. The number of allylic oxidation sites excluding steroid dienone is 1. The lowest BCUT2D eigenvalue weighted by atomic mass is 9.50. The second kappa shape index (κ2) is 9.91. The largest absolute Gasteiger partial charge is 0.455 e. The second-order valence-corrected chi connectivity index (χ2v) is 12.8. The molecule has 8 aliphatic carbocycles. The Kier molecular flexibility index (Phi) is 7.48. The van der Waals surface area contributed by atoms with Crippen LogP contribution in [0.5, 0.6) is 0 Å². The Morgan fingerprint density at radius 2 is 1.12 bits per heavy atom. The number of esters is 1. The molecule has 5 heteroatoms. The summed E-state index contributed by atoms with van der Waals surface area (Å²) in [6.45, 7) is 12.4. The van der Waals surface area contributed by atoms with E-state index in [4.69, 9.17) is 16.3 Å². The summed E-state index contributed by atoms with van der Waals surface area (Å²) in [6, 6.07) is 0. The summed E-state index contributed by atoms with van der Waals surface area (Å²) in [5.74, 6) is 6.34. The fraction of sp³-hybridized carbons (Fsp3) is 0.759. The quantitative estimate of drug-likeness (QED) is 0.253. The molecule has 0 aromatic heterocycles. The lowest BCUT2D eigenvalue weighted by Crippen LogP contribution is -2.58. The molecule has 8 rings (SSSR count). The molecule has 0 heterocycles. The molecule has 0 unspecified atom stereocenters. The third-order valence-electron chi connectivity index (χ3n) is 9.70. The van der Waals surface area contributed by atoms with Crippen LogP contribution in [0.15, 0.2) is 24.3 Å². The number of hydrogen-bond acceptors (Lipinski definition) is 4. The zero-order valence-electron chi connectivity index (χ0n) is 21.1. The fourth-order valence-electron chi connectivity index (χ4n) is 8.22. The summed E-state index contributed by atoms with van der Waals surface area (Å²) >= 11 is 4.87. The molecule has 0 N–H and O–H groups in total. The van der Waals surface area contributed by atoms with Crippen molar-refractivity contribution in [3.05, 3.63) is 24.3 Å². The van der Waals surface area contributed by atoms with Crippen molar-refractivity contribution in [1.82, 2.24) is 0 Å². The molecule has 0 atom stereocenters. The SMILES string of the molecule is C=C(C)C(=O)Cl.C=C(C)C(=O)OC1(C)C2CC3CC(C2)CC1C3.O=C1C2CC3CC(C2)CC1C3. The summed E-state index contributed by atoms with van der Waals surface area (Å²) in [6.07, 6.45) is 12.9. The van der Waals surface area contributed by atoms with Crippen molar-refractivity contribution in [3.8, 4) is 0 Å². The molecule has 188 valence electrons. The smallest absolute Gasteiger partial charge is 0.333 e. The minimum atomic E-state index is -0.463. The molecule has 0 radical (unpaired) electrons. The third-order valence-corrected chi connectivity index (χ3v) is 10.0. The van der Waals surface area contributed by atoms with Crippen LogP contribution in [0.4, 0.5) is 0 Å². The van der Waals surface area contributed by atoms with Gasteiger partial charge in [0, 0.05) is 23.0 Å². The Hall–Kier alpha value is -1.42. The van der Waals surface area contributed by atoms with Crippen LogP contribution in [-0.2, 0) is 19.1 Å². The summed E-state index contributed by atoms with van der Waals surface area (Å²) in [4.78, 5) is 33.2. The van der Waals surface area contributed by atoms with Gasteiger partial charge in [0.2, 0.25) is 5.24 Å². The van der Waals surface area contributed by atoms with Gasteiger partial charge >= 0.3 is 5.97 Å². The second-order valence-electron chi connectivity index (χ2n) is 12.4. The highest BCUT2D eigenvalue weighted by Gasteiger charge is 2.57. The zero-order valence-corrected chi connectivity index (χ0v) is 21.9. The normalized spacial score (nSPS) is 42.2. The molecule has 34 heavy (non-hydrogen) atoms. The predicted octanol–water partition coefficient (Wildman–Crippen LogP) is 6.66. The summed E-state index contributed by atoms with van der Waals surface area (Å²) in [5.41, 5.74) is 0.709. The molecule has 0 saturated heterocycles. The Morgan fingerprint density at radius 1 is 0.765 bits per heavy atom. The maximum atomic E-state index is 11.8. The van der Waals surface area contributed by atoms with Gasteiger partial charge in [-0.1, -0.05) is 13.2 Å². The minimum Gasteiger partial charge on any atom is -0.455 e. The summed E-state index contributed by atoms with van der Waals surface area (Å²) in [7, 11) is 0. The highest BCUT2D eigenvalue weighted by Crippen LogP contribution is 2.59. The van der Waals surface area contributed by atoms with E-state index in [9.17, 15) is 14.4 Å². The number of rotatable bonds is 3. The molecule has 8 bridgehead atoms. The molecular weight excluding hydrogens is 448 g/mol. The topological polar surface area (TPSA) is 60.4 Å². The standard InChI is InChI=1S/C15H22O2.C10H14O.C4H5ClO/c1-9(2)14(16)17-15(3)12-5-10-4-11(7-12)8-13(15)6-10;11-10-8-2-6-1-7(4-8)5-9(10)3-6;1-3(2)4(5)6/h10-13H,1,4-8H2,2-3H3;6-9H,1-5H2;1H2,2H3. The van der Waals surface area contributed by atoms with Crippen molar-refractivity contribution in [3.63, 3.8) is 0 Å². The van der Waals surface area contributed by atoms with Crippen LogP contribution in [0.3, 0.4) is 0 Å². The van der Waals surface area contributed by atoms with Gasteiger partial charge in [-0.2, -0.15) is 0 Å². The molecule has 8 fully saturated rings. The van der Waals surface area contributed by atoms with Gasteiger partial charge in [0.05, 0.1) is 0 Å². The van der Waals surface area contributed by atoms with Crippen molar-refractivity contribution in [1.29, 1.82) is 0 Å². The van der Waals surface area contributed by atoms with Crippen LogP contribution < -0.4 is 0 Å². The van der Waals surface area contributed by atoms with E-state index in [0.29, 0.717) is 40.6 Å². The molecule has 4 nitrogen and oxygen atoms in total. The van der Waals surface area contributed by atoms with Gasteiger partial charge in [-0.25, -0.2) is 4.79 Å². The number of carbonyl (C=O) groups excluding carboxylic acids is 3. The summed E-state index contributed by atoms with van der Waals surface area (Å²) < 4.78 is 5.84. The van der Waals surface area contributed by atoms with E-state index < -0.39 is 5.24 Å². The van der Waals surface area contributed by atoms with Crippen molar-refractivity contribution < 1.29 is 19.1 Å². The number of halogens is 1. The monoisotopic (exact) mass is 488 g/mol. The molecule has 0 aliphatic heterocycles. The van der Waals surface area contributed by atoms with Crippen LogP contribution in [0.2, 0.25) is 0 Å². The third kappa shape index (κ3) is 5.22. The van der Waals surface area contributed by atoms with Crippen LogP contribution >= 0.6 is 11.6 Å². The lowest BCUT2D eigenvalue weighted by Gasteiger charge is -2.59. The molecule has 0 aromatic rings. The minimum absolute atomic E-state index is 0.194. The van der Waals surface area contributed by atoms with Gasteiger partial charge in [-0.15, -0.1) is 0 Å². The van der Waals surface area contributed by atoms with Gasteiger partial charge in [0.1, 0.15) is 11.4 Å². The maximum absolute atomic E-state index is 11.8. The first-order chi connectivity index (χ1) is 16.0.